The Balaban J connectivity index is 1.55. The molecule has 2 heterocycles. The summed E-state index contributed by atoms with van der Waals surface area (Å²) >= 11 is 0. The molecule has 2 fully saturated rings. The lowest BCUT2D eigenvalue weighted by atomic mass is 10.1. The zero-order chi connectivity index (χ0) is 18.4. The first-order valence-electron chi connectivity index (χ1n) is 9.69. The standard InChI is InChI=1S/C20H28FN3O2/c21-17-7-9-18(10-8-17)22-12-5-13-23(15-14-22)20(26)16-24-11-4-2-1-3-6-19(24)25/h7-10H,1-6,11-16H2. The number of hydrogen-bond donors (Lipinski definition) is 0. The van der Waals surface area contributed by atoms with Crippen molar-refractivity contribution in [1.29, 1.82) is 0 Å². The number of nitrogens with zero attached hydrogens (tertiary/aromatic N) is 3. The number of halogens is 1. The van der Waals surface area contributed by atoms with Crippen molar-refractivity contribution in [2.45, 2.75) is 38.5 Å². The van der Waals surface area contributed by atoms with Gasteiger partial charge in [0, 0.05) is 44.8 Å². The number of hydrogen-bond acceptors (Lipinski definition) is 3. The van der Waals surface area contributed by atoms with Crippen molar-refractivity contribution in [3.8, 4) is 0 Å². The highest BCUT2D eigenvalue weighted by Gasteiger charge is 2.24. The summed E-state index contributed by atoms with van der Waals surface area (Å²) in [6.45, 7) is 3.82. The summed E-state index contributed by atoms with van der Waals surface area (Å²) in [5, 5.41) is 0. The van der Waals surface area contributed by atoms with Gasteiger partial charge in [0.1, 0.15) is 5.82 Å². The topological polar surface area (TPSA) is 43.9 Å². The summed E-state index contributed by atoms with van der Waals surface area (Å²) < 4.78 is 13.1. The molecule has 2 aliphatic heterocycles. The van der Waals surface area contributed by atoms with Crippen LogP contribution in [-0.2, 0) is 9.59 Å². The molecule has 2 amide bonds. The van der Waals surface area contributed by atoms with E-state index in [-0.39, 0.29) is 24.2 Å². The maximum Gasteiger partial charge on any atom is 0.242 e. The Bertz CT molecular complexity index is 620. The van der Waals surface area contributed by atoms with Crippen molar-refractivity contribution in [2.24, 2.45) is 0 Å². The van der Waals surface area contributed by atoms with Crippen molar-refractivity contribution in [3.63, 3.8) is 0 Å². The minimum Gasteiger partial charge on any atom is -0.370 e. The SMILES string of the molecule is O=C(CN1CCCCCCC1=O)N1CCCN(c2ccc(F)cc2)CC1. The zero-order valence-electron chi connectivity index (χ0n) is 15.3. The molecule has 2 aliphatic rings. The van der Waals surface area contributed by atoms with Gasteiger partial charge in [0.25, 0.3) is 0 Å². The molecule has 26 heavy (non-hydrogen) atoms. The van der Waals surface area contributed by atoms with Crippen LogP contribution in [-0.4, -0.2) is 60.9 Å². The molecule has 1 aromatic carbocycles. The molecule has 0 saturated carbocycles. The van der Waals surface area contributed by atoms with E-state index in [9.17, 15) is 14.0 Å². The molecule has 0 unspecified atom stereocenters. The fourth-order valence-electron chi connectivity index (χ4n) is 3.72. The molecule has 1 aromatic rings. The first kappa shape index (κ1) is 18.7. The van der Waals surface area contributed by atoms with Crippen LogP contribution in [0, 0.1) is 5.82 Å². The van der Waals surface area contributed by atoms with Gasteiger partial charge in [-0.3, -0.25) is 9.59 Å². The molecule has 0 spiro atoms. The molecule has 3 rings (SSSR count). The minimum absolute atomic E-state index is 0.0416. The smallest absolute Gasteiger partial charge is 0.242 e. The molecule has 5 nitrogen and oxygen atoms in total. The van der Waals surface area contributed by atoms with Crippen molar-refractivity contribution >= 4 is 17.5 Å². The van der Waals surface area contributed by atoms with E-state index in [1.54, 1.807) is 17.0 Å². The van der Waals surface area contributed by atoms with Gasteiger partial charge in [0.05, 0.1) is 6.54 Å². The average Bonchev–Trinajstić information content (AvgIpc) is 2.88. The van der Waals surface area contributed by atoms with Crippen LogP contribution in [0.5, 0.6) is 0 Å². The normalized spacial score (nSPS) is 19.7. The van der Waals surface area contributed by atoms with Crippen molar-refractivity contribution < 1.29 is 14.0 Å². The fraction of sp³-hybridized carbons (Fsp3) is 0.600. The second kappa shape index (κ2) is 9.01. The number of carbonyl (C=O) groups excluding carboxylic acids is 2. The van der Waals surface area contributed by atoms with Gasteiger partial charge in [0.15, 0.2) is 0 Å². The third-order valence-electron chi connectivity index (χ3n) is 5.29. The Labute approximate surface area is 154 Å². The molecule has 0 atom stereocenters. The van der Waals surface area contributed by atoms with Crippen molar-refractivity contribution in [1.82, 2.24) is 9.80 Å². The summed E-state index contributed by atoms with van der Waals surface area (Å²) in [6.07, 6.45) is 5.59. The van der Waals surface area contributed by atoms with Gasteiger partial charge in [-0.15, -0.1) is 0 Å². The molecule has 2 saturated heterocycles. The fourth-order valence-corrected chi connectivity index (χ4v) is 3.72. The van der Waals surface area contributed by atoms with Gasteiger partial charge in [-0.05, 0) is 43.5 Å². The lowest BCUT2D eigenvalue weighted by Gasteiger charge is -2.28. The predicted octanol–water partition coefficient (Wildman–Crippen LogP) is 2.66. The van der Waals surface area contributed by atoms with E-state index in [4.69, 9.17) is 0 Å². The van der Waals surface area contributed by atoms with E-state index in [0.29, 0.717) is 26.1 Å². The van der Waals surface area contributed by atoms with Gasteiger partial charge in [-0.1, -0.05) is 12.8 Å². The molecule has 0 radical (unpaired) electrons. The van der Waals surface area contributed by atoms with E-state index in [2.05, 4.69) is 4.90 Å². The highest BCUT2D eigenvalue weighted by Crippen LogP contribution is 2.17. The third-order valence-corrected chi connectivity index (χ3v) is 5.29. The molecule has 0 N–H and O–H groups in total. The number of carbonyl (C=O) groups is 2. The third kappa shape index (κ3) is 4.96. The van der Waals surface area contributed by atoms with Crippen LogP contribution in [0.15, 0.2) is 24.3 Å². The summed E-state index contributed by atoms with van der Waals surface area (Å²) in [5.74, 6) is -0.0843. The summed E-state index contributed by atoms with van der Waals surface area (Å²) in [5.41, 5.74) is 0.986. The Kier molecular flexibility index (Phi) is 6.47. The highest BCUT2D eigenvalue weighted by atomic mass is 19.1. The largest absolute Gasteiger partial charge is 0.370 e. The molecule has 6 heteroatoms. The Morgan fingerprint density at radius 2 is 1.65 bits per heavy atom. The zero-order valence-corrected chi connectivity index (χ0v) is 15.3. The minimum atomic E-state index is -0.238. The first-order valence-corrected chi connectivity index (χ1v) is 9.69. The van der Waals surface area contributed by atoms with Crippen LogP contribution < -0.4 is 4.90 Å². The maximum absolute atomic E-state index is 13.1. The first-order chi connectivity index (χ1) is 12.6. The van der Waals surface area contributed by atoms with Crippen LogP contribution in [0.25, 0.3) is 0 Å². The van der Waals surface area contributed by atoms with Gasteiger partial charge in [-0.2, -0.15) is 0 Å². The lowest BCUT2D eigenvalue weighted by Crippen LogP contribution is -2.44. The van der Waals surface area contributed by atoms with Gasteiger partial charge in [-0.25, -0.2) is 4.39 Å². The average molecular weight is 361 g/mol. The quantitative estimate of drug-likeness (QED) is 0.831. The molecule has 0 aromatic heterocycles. The van der Waals surface area contributed by atoms with Crippen LogP contribution in [0.4, 0.5) is 10.1 Å². The van der Waals surface area contributed by atoms with E-state index in [0.717, 1.165) is 50.9 Å². The summed E-state index contributed by atoms with van der Waals surface area (Å²) in [7, 11) is 0. The second-order valence-electron chi connectivity index (χ2n) is 7.18. The maximum atomic E-state index is 13.1. The van der Waals surface area contributed by atoms with Crippen molar-refractivity contribution in [2.75, 3.05) is 44.2 Å². The number of anilines is 1. The van der Waals surface area contributed by atoms with E-state index in [1.807, 2.05) is 4.90 Å². The van der Waals surface area contributed by atoms with Gasteiger partial charge < -0.3 is 14.7 Å². The monoisotopic (exact) mass is 361 g/mol. The second-order valence-corrected chi connectivity index (χ2v) is 7.18. The van der Waals surface area contributed by atoms with Crippen LogP contribution in [0.2, 0.25) is 0 Å². The van der Waals surface area contributed by atoms with E-state index < -0.39 is 0 Å². The lowest BCUT2D eigenvalue weighted by molar-refractivity contribution is -0.140. The number of likely N-dealkylation sites (tertiary alicyclic amines) is 1. The van der Waals surface area contributed by atoms with Crippen LogP contribution >= 0.6 is 0 Å². The molecular formula is C20H28FN3O2. The predicted molar refractivity (Wildman–Crippen MR) is 99.5 cm³/mol. The molecular weight excluding hydrogens is 333 g/mol. The van der Waals surface area contributed by atoms with Crippen LogP contribution in [0.3, 0.4) is 0 Å². The van der Waals surface area contributed by atoms with Crippen molar-refractivity contribution in [3.05, 3.63) is 30.1 Å². The molecule has 0 aliphatic carbocycles. The number of benzene rings is 1. The summed E-state index contributed by atoms with van der Waals surface area (Å²) in [6, 6.07) is 6.50. The highest BCUT2D eigenvalue weighted by molar-refractivity contribution is 5.85. The summed E-state index contributed by atoms with van der Waals surface area (Å²) in [4.78, 5) is 30.7. The Morgan fingerprint density at radius 3 is 2.46 bits per heavy atom. The molecule has 142 valence electrons. The number of rotatable bonds is 3. The van der Waals surface area contributed by atoms with E-state index >= 15 is 0 Å². The van der Waals surface area contributed by atoms with Gasteiger partial charge >= 0.3 is 0 Å². The molecule has 0 bridgehead atoms. The van der Waals surface area contributed by atoms with Gasteiger partial charge in [0.2, 0.25) is 11.8 Å². The number of amides is 2. The van der Waals surface area contributed by atoms with Crippen LogP contribution in [0.1, 0.15) is 38.5 Å². The van der Waals surface area contributed by atoms with E-state index in [1.165, 1.54) is 12.1 Å². The Morgan fingerprint density at radius 1 is 0.885 bits per heavy atom. The Hall–Kier alpha value is -2.11.